The summed E-state index contributed by atoms with van der Waals surface area (Å²) in [5.74, 6) is -0.165. The number of nitrogens with two attached hydrogens (primary N) is 1. The zero-order valence-electron chi connectivity index (χ0n) is 24.3. The number of carbonyl (C=O) groups is 1. The number of nitrogens with zero attached hydrogens (tertiary/aromatic N) is 1. The van der Waals surface area contributed by atoms with Crippen molar-refractivity contribution in [2.45, 2.75) is 83.3 Å². The molecule has 218 valence electrons. The molecule has 41 heavy (non-hydrogen) atoms. The van der Waals surface area contributed by atoms with E-state index in [0.29, 0.717) is 19.5 Å². The van der Waals surface area contributed by atoms with E-state index in [-0.39, 0.29) is 30.8 Å². The van der Waals surface area contributed by atoms with E-state index in [9.17, 15) is 9.90 Å². The number of hydrogen-bond acceptors (Lipinski definition) is 7. The number of rotatable bonds is 8. The van der Waals surface area contributed by atoms with Gasteiger partial charge in [0.1, 0.15) is 11.6 Å². The summed E-state index contributed by atoms with van der Waals surface area (Å²) in [5, 5.41) is 9.52. The summed E-state index contributed by atoms with van der Waals surface area (Å²) in [6.07, 6.45) is 1.48. The van der Waals surface area contributed by atoms with Gasteiger partial charge in [-0.1, -0.05) is 60.7 Å². The highest BCUT2D eigenvalue weighted by molar-refractivity contribution is 5.76. The SMILES string of the molecule is CC(C)(C)OC(=O)[C@@H]1CCCN1C[C@@H]1C[C@H](c2ccc(CO)cc2)O[C@H](c2cccc(-c3cccc(CN)c3)c2)O1. The second-order valence-corrected chi connectivity index (χ2v) is 12.1. The van der Waals surface area contributed by atoms with Crippen LogP contribution in [0.5, 0.6) is 0 Å². The molecule has 2 fully saturated rings. The maximum absolute atomic E-state index is 13.0. The topological polar surface area (TPSA) is 94.2 Å². The third-order valence-electron chi connectivity index (χ3n) is 7.75. The van der Waals surface area contributed by atoms with Crippen LogP contribution in [0.1, 0.15) is 74.7 Å². The van der Waals surface area contributed by atoms with Crippen LogP contribution in [0.4, 0.5) is 0 Å². The fourth-order valence-corrected chi connectivity index (χ4v) is 5.72. The molecule has 0 bridgehead atoms. The quantitative estimate of drug-likeness (QED) is 0.345. The van der Waals surface area contributed by atoms with Crippen LogP contribution in [0.2, 0.25) is 0 Å². The largest absolute Gasteiger partial charge is 0.459 e. The number of aliphatic hydroxyl groups is 1. The fourth-order valence-electron chi connectivity index (χ4n) is 5.72. The average molecular weight is 559 g/mol. The lowest BCUT2D eigenvalue weighted by atomic mass is 9.98. The van der Waals surface area contributed by atoms with Gasteiger partial charge in [0.05, 0.1) is 18.8 Å². The molecule has 3 aromatic rings. The summed E-state index contributed by atoms with van der Waals surface area (Å²) in [6.45, 7) is 7.66. The third kappa shape index (κ3) is 7.42. The lowest BCUT2D eigenvalue weighted by Gasteiger charge is -2.38. The summed E-state index contributed by atoms with van der Waals surface area (Å²) in [5.41, 5.74) is 11.4. The molecular formula is C34H42N2O5. The molecule has 0 saturated carbocycles. The molecule has 0 spiro atoms. The van der Waals surface area contributed by atoms with E-state index < -0.39 is 11.9 Å². The molecule has 3 aromatic carbocycles. The summed E-state index contributed by atoms with van der Waals surface area (Å²) in [6, 6.07) is 24.2. The van der Waals surface area contributed by atoms with E-state index in [1.54, 1.807) is 0 Å². The summed E-state index contributed by atoms with van der Waals surface area (Å²) in [7, 11) is 0. The van der Waals surface area contributed by atoms with E-state index in [1.807, 2.05) is 69.3 Å². The number of ether oxygens (including phenoxy) is 3. The van der Waals surface area contributed by atoms with Crippen molar-refractivity contribution in [2.24, 2.45) is 5.73 Å². The van der Waals surface area contributed by atoms with Gasteiger partial charge in [-0.05, 0) is 80.1 Å². The van der Waals surface area contributed by atoms with Crippen molar-refractivity contribution in [1.29, 1.82) is 0 Å². The first-order valence-corrected chi connectivity index (χ1v) is 14.6. The van der Waals surface area contributed by atoms with Crippen molar-refractivity contribution < 1.29 is 24.1 Å². The lowest BCUT2D eigenvalue weighted by molar-refractivity contribution is -0.253. The summed E-state index contributed by atoms with van der Waals surface area (Å²) >= 11 is 0. The molecule has 4 atom stereocenters. The van der Waals surface area contributed by atoms with Gasteiger partial charge >= 0.3 is 5.97 Å². The van der Waals surface area contributed by atoms with E-state index in [4.69, 9.17) is 19.9 Å². The van der Waals surface area contributed by atoms with Crippen LogP contribution in [0.15, 0.2) is 72.8 Å². The minimum Gasteiger partial charge on any atom is -0.459 e. The highest BCUT2D eigenvalue weighted by Gasteiger charge is 2.39. The van der Waals surface area contributed by atoms with E-state index in [2.05, 4.69) is 29.2 Å². The summed E-state index contributed by atoms with van der Waals surface area (Å²) in [4.78, 5) is 15.2. The molecule has 7 heteroatoms. The predicted octanol–water partition coefficient (Wildman–Crippen LogP) is 5.66. The van der Waals surface area contributed by atoms with Crippen LogP contribution < -0.4 is 5.73 Å². The Morgan fingerprint density at radius 3 is 2.41 bits per heavy atom. The maximum Gasteiger partial charge on any atom is 0.323 e. The first-order valence-electron chi connectivity index (χ1n) is 14.6. The standard InChI is InChI=1S/C34H42N2O5/c1-34(2,3)41-32(38)30-11-6-16-36(30)21-29-19-31(25-14-12-23(22-37)13-15-25)40-33(39-29)28-10-5-9-27(18-28)26-8-4-7-24(17-26)20-35/h4-5,7-10,12-15,17-18,29-31,33,37H,6,11,16,19-22,35H2,1-3H3/t29-,30-,31+,33+/m0/s1. The Morgan fingerprint density at radius 2 is 1.71 bits per heavy atom. The Bertz CT molecular complexity index is 1320. The molecule has 0 unspecified atom stereocenters. The normalized spacial score (nSPS) is 23.4. The number of hydrogen-bond donors (Lipinski definition) is 2. The second kappa shape index (κ2) is 12.8. The molecule has 3 N–H and O–H groups in total. The smallest absolute Gasteiger partial charge is 0.323 e. The van der Waals surface area contributed by atoms with Crippen molar-refractivity contribution in [1.82, 2.24) is 4.90 Å². The molecule has 0 radical (unpaired) electrons. The lowest BCUT2D eigenvalue weighted by Crippen LogP contribution is -2.45. The highest BCUT2D eigenvalue weighted by Crippen LogP contribution is 2.39. The number of likely N-dealkylation sites (tertiary alicyclic amines) is 1. The molecule has 2 aliphatic heterocycles. The van der Waals surface area contributed by atoms with Crippen LogP contribution in [-0.2, 0) is 32.2 Å². The van der Waals surface area contributed by atoms with Crippen molar-refractivity contribution in [3.8, 4) is 11.1 Å². The second-order valence-electron chi connectivity index (χ2n) is 12.1. The van der Waals surface area contributed by atoms with Gasteiger partial charge in [0, 0.05) is 25.1 Å². The van der Waals surface area contributed by atoms with Crippen molar-refractivity contribution >= 4 is 5.97 Å². The van der Waals surface area contributed by atoms with Crippen LogP contribution >= 0.6 is 0 Å². The molecule has 0 amide bonds. The molecule has 7 nitrogen and oxygen atoms in total. The molecule has 0 aliphatic carbocycles. The third-order valence-corrected chi connectivity index (χ3v) is 7.75. The predicted molar refractivity (Wildman–Crippen MR) is 159 cm³/mol. The van der Waals surface area contributed by atoms with E-state index in [0.717, 1.165) is 52.8 Å². The van der Waals surface area contributed by atoms with Gasteiger partial charge in [-0.25, -0.2) is 0 Å². The molecule has 2 aliphatic rings. The van der Waals surface area contributed by atoms with Crippen LogP contribution in [0, 0.1) is 0 Å². The summed E-state index contributed by atoms with van der Waals surface area (Å²) < 4.78 is 18.9. The van der Waals surface area contributed by atoms with Gasteiger partial charge in [-0.15, -0.1) is 0 Å². The number of carbonyl (C=O) groups excluding carboxylic acids is 1. The molecule has 0 aromatic heterocycles. The van der Waals surface area contributed by atoms with Gasteiger partial charge in [-0.2, -0.15) is 0 Å². The van der Waals surface area contributed by atoms with Crippen LogP contribution in [-0.4, -0.2) is 46.8 Å². The monoisotopic (exact) mass is 558 g/mol. The minimum absolute atomic E-state index is 0.000667. The Hall–Kier alpha value is -3.07. The van der Waals surface area contributed by atoms with Crippen LogP contribution in [0.3, 0.4) is 0 Å². The zero-order valence-corrected chi connectivity index (χ0v) is 24.3. The molecular weight excluding hydrogens is 516 g/mol. The highest BCUT2D eigenvalue weighted by atomic mass is 16.7. The van der Waals surface area contributed by atoms with E-state index in [1.165, 1.54) is 0 Å². The fraction of sp³-hybridized carbons (Fsp3) is 0.441. The minimum atomic E-state index is -0.573. The first-order chi connectivity index (χ1) is 19.7. The number of esters is 1. The Labute approximate surface area is 243 Å². The number of benzene rings is 3. The molecule has 2 heterocycles. The average Bonchev–Trinajstić information content (AvgIpc) is 3.44. The van der Waals surface area contributed by atoms with Gasteiger partial charge in [-0.3, -0.25) is 9.69 Å². The van der Waals surface area contributed by atoms with Gasteiger partial charge < -0.3 is 25.1 Å². The van der Waals surface area contributed by atoms with E-state index >= 15 is 0 Å². The number of aliphatic hydroxyl groups excluding tert-OH is 1. The Balaban J connectivity index is 1.40. The molecule has 5 rings (SSSR count). The maximum atomic E-state index is 13.0. The van der Waals surface area contributed by atoms with Gasteiger partial charge in [0.25, 0.3) is 0 Å². The van der Waals surface area contributed by atoms with Crippen molar-refractivity contribution in [3.63, 3.8) is 0 Å². The van der Waals surface area contributed by atoms with Crippen molar-refractivity contribution in [3.05, 3.63) is 95.1 Å². The van der Waals surface area contributed by atoms with Gasteiger partial charge in [0.15, 0.2) is 6.29 Å². The molecule has 2 saturated heterocycles. The Kier molecular flexibility index (Phi) is 9.22. The van der Waals surface area contributed by atoms with Crippen LogP contribution in [0.25, 0.3) is 11.1 Å². The Morgan fingerprint density at radius 1 is 0.976 bits per heavy atom. The first kappa shape index (κ1) is 29.4. The van der Waals surface area contributed by atoms with Crippen molar-refractivity contribution in [2.75, 3.05) is 13.1 Å². The van der Waals surface area contributed by atoms with Gasteiger partial charge in [0.2, 0.25) is 0 Å². The zero-order chi connectivity index (χ0) is 29.0.